The van der Waals surface area contributed by atoms with Crippen LogP contribution in [-0.2, 0) is 6.54 Å². The van der Waals surface area contributed by atoms with Crippen LogP contribution >= 0.6 is 0 Å². The number of nitrogens with zero attached hydrogens (tertiary/aromatic N) is 2. The number of benzene rings is 1. The molecular weight excluding hydrogens is 238 g/mol. The van der Waals surface area contributed by atoms with E-state index >= 15 is 0 Å². The molecule has 0 aliphatic carbocycles. The first-order valence-electron chi connectivity index (χ1n) is 6.86. The summed E-state index contributed by atoms with van der Waals surface area (Å²) in [4.78, 5) is 14.3. The number of piperazine rings is 1. The smallest absolute Gasteiger partial charge is 0.189 e. The molecule has 1 N–H and O–H groups in total. The predicted octanol–water partition coefficient (Wildman–Crippen LogP) is 0.907. The Labute approximate surface area is 112 Å². The third-order valence-electron chi connectivity index (χ3n) is 3.75. The third-order valence-corrected chi connectivity index (χ3v) is 3.75. The number of pyridine rings is 1. The maximum atomic E-state index is 11.8. The lowest BCUT2D eigenvalue weighted by molar-refractivity contribution is 0.233. The summed E-state index contributed by atoms with van der Waals surface area (Å²) in [6.07, 6.45) is 1.91. The molecule has 0 bridgehead atoms. The van der Waals surface area contributed by atoms with Gasteiger partial charge in [-0.25, -0.2) is 0 Å². The minimum atomic E-state index is 0.106. The van der Waals surface area contributed by atoms with Crippen LogP contribution in [0.5, 0.6) is 0 Å². The summed E-state index contributed by atoms with van der Waals surface area (Å²) in [5.41, 5.74) is 1.14. The number of nitrogens with one attached hydrogen (secondary N) is 1. The van der Waals surface area contributed by atoms with E-state index in [0.717, 1.165) is 50.2 Å². The average molecular weight is 257 g/mol. The summed E-state index contributed by atoms with van der Waals surface area (Å²) in [7, 11) is 0. The van der Waals surface area contributed by atoms with Crippen molar-refractivity contribution in [1.29, 1.82) is 0 Å². The quantitative estimate of drug-likeness (QED) is 0.888. The summed E-state index contributed by atoms with van der Waals surface area (Å²) in [5.74, 6) is 0. The average Bonchev–Trinajstić information content (AvgIpc) is 2.48. The van der Waals surface area contributed by atoms with E-state index in [2.05, 4.69) is 14.8 Å². The molecule has 19 heavy (non-hydrogen) atoms. The molecule has 0 spiro atoms. The first kappa shape index (κ1) is 12.4. The Morgan fingerprint density at radius 2 is 1.84 bits per heavy atom. The Bertz CT molecular complexity index is 614. The molecule has 0 unspecified atom stereocenters. The molecule has 100 valence electrons. The third kappa shape index (κ3) is 2.69. The summed E-state index contributed by atoms with van der Waals surface area (Å²) in [5, 5.41) is 4.17. The van der Waals surface area contributed by atoms with Crippen LogP contribution in [0.3, 0.4) is 0 Å². The zero-order valence-electron chi connectivity index (χ0n) is 11.0. The van der Waals surface area contributed by atoms with Gasteiger partial charge in [0.1, 0.15) is 0 Å². The van der Waals surface area contributed by atoms with Crippen molar-refractivity contribution in [2.75, 3.05) is 32.7 Å². The fraction of sp³-hybridized carbons (Fsp3) is 0.400. The molecular formula is C15H19N3O. The molecule has 1 saturated heterocycles. The van der Waals surface area contributed by atoms with Crippen molar-refractivity contribution in [3.63, 3.8) is 0 Å². The van der Waals surface area contributed by atoms with Gasteiger partial charge in [-0.15, -0.1) is 0 Å². The molecule has 1 aromatic heterocycles. The van der Waals surface area contributed by atoms with Crippen molar-refractivity contribution in [2.24, 2.45) is 0 Å². The van der Waals surface area contributed by atoms with Gasteiger partial charge < -0.3 is 9.88 Å². The van der Waals surface area contributed by atoms with Gasteiger partial charge in [-0.05, 0) is 12.1 Å². The highest BCUT2D eigenvalue weighted by Gasteiger charge is 2.09. The van der Waals surface area contributed by atoms with Gasteiger partial charge in [0.25, 0.3) is 0 Å². The molecule has 0 radical (unpaired) electrons. The minimum Gasteiger partial charge on any atom is -0.346 e. The number of hydrogen-bond donors (Lipinski definition) is 1. The van der Waals surface area contributed by atoms with Crippen molar-refractivity contribution in [2.45, 2.75) is 6.54 Å². The normalized spacial score (nSPS) is 16.8. The summed E-state index contributed by atoms with van der Waals surface area (Å²) in [6, 6.07) is 9.50. The first-order valence-corrected chi connectivity index (χ1v) is 6.86. The summed E-state index contributed by atoms with van der Waals surface area (Å²) in [6.45, 7) is 6.33. The zero-order chi connectivity index (χ0) is 13.1. The molecule has 0 amide bonds. The van der Waals surface area contributed by atoms with Gasteiger partial charge >= 0.3 is 0 Å². The minimum absolute atomic E-state index is 0.106. The molecule has 1 aliphatic heterocycles. The summed E-state index contributed by atoms with van der Waals surface area (Å²) >= 11 is 0. The maximum Gasteiger partial charge on any atom is 0.189 e. The van der Waals surface area contributed by atoms with Gasteiger partial charge in [0, 0.05) is 56.9 Å². The predicted molar refractivity (Wildman–Crippen MR) is 77.5 cm³/mol. The van der Waals surface area contributed by atoms with Gasteiger partial charge in [0.05, 0.1) is 5.52 Å². The molecule has 3 rings (SSSR count). The van der Waals surface area contributed by atoms with Crippen LogP contribution in [0.15, 0.2) is 41.3 Å². The van der Waals surface area contributed by atoms with Crippen LogP contribution in [0.4, 0.5) is 0 Å². The molecule has 4 heteroatoms. The highest BCUT2D eigenvalue weighted by atomic mass is 16.1. The Morgan fingerprint density at radius 1 is 1.05 bits per heavy atom. The van der Waals surface area contributed by atoms with E-state index in [-0.39, 0.29) is 5.43 Å². The van der Waals surface area contributed by atoms with Crippen molar-refractivity contribution < 1.29 is 0 Å². The van der Waals surface area contributed by atoms with Crippen LogP contribution in [-0.4, -0.2) is 42.2 Å². The van der Waals surface area contributed by atoms with Gasteiger partial charge in [0.15, 0.2) is 5.43 Å². The lowest BCUT2D eigenvalue weighted by atomic mass is 10.2. The second-order valence-electron chi connectivity index (χ2n) is 4.98. The van der Waals surface area contributed by atoms with Gasteiger partial charge in [-0.2, -0.15) is 0 Å². The van der Waals surface area contributed by atoms with Crippen molar-refractivity contribution in [3.05, 3.63) is 46.8 Å². The number of rotatable bonds is 3. The van der Waals surface area contributed by atoms with E-state index in [1.54, 1.807) is 6.07 Å². The topological polar surface area (TPSA) is 37.3 Å². The maximum absolute atomic E-state index is 11.8. The van der Waals surface area contributed by atoms with Crippen molar-refractivity contribution >= 4 is 10.9 Å². The Kier molecular flexibility index (Phi) is 3.62. The monoisotopic (exact) mass is 257 g/mol. The van der Waals surface area contributed by atoms with Crippen LogP contribution in [0.1, 0.15) is 0 Å². The molecule has 1 fully saturated rings. The van der Waals surface area contributed by atoms with Gasteiger partial charge in [-0.1, -0.05) is 12.1 Å². The van der Waals surface area contributed by atoms with Crippen LogP contribution in [0.25, 0.3) is 10.9 Å². The molecule has 2 heterocycles. The number of aromatic nitrogens is 1. The van der Waals surface area contributed by atoms with Crippen LogP contribution in [0.2, 0.25) is 0 Å². The van der Waals surface area contributed by atoms with E-state index in [0.29, 0.717) is 0 Å². The largest absolute Gasteiger partial charge is 0.346 e. The lowest BCUT2D eigenvalue weighted by Crippen LogP contribution is -2.44. The second kappa shape index (κ2) is 5.55. The highest BCUT2D eigenvalue weighted by molar-refractivity contribution is 5.78. The molecule has 4 nitrogen and oxygen atoms in total. The fourth-order valence-corrected chi connectivity index (χ4v) is 2.64. The first-order chi connectivity index (χ1) is 9.34. The molecule has 1 aromatic carbocycles. The Hall–Kier alpha value is -1.65. The number of fused-ring (bicyclic) bond motifs is 1. The second-order valence-corrected chi connectivity index (χ2v) is 4.98. The standard InChI is InChI=1S/C15H19N3O/c19-15-5-8-18(14-4-2-1-3-13(14)15)12-11-17-9-6-16-7-10-17/h1-5,8,16H,6-7,9-12H2. The Balaban J connectivity index is 1.81. The van der Waals surface area contributed by atoms with Crippen LogP contribution in [0, 0.1) is 0 Å². The zero-order valence-corrected chi connectivity index (χ0v) is 11.0. The fourth-order valence-electron chi connectivity index (χ4n) is 2.64. The van der Waals surface area contributed by atoms with E-state index in [1.807, 2.05) is 30.5 Å². The SMILES string of the molecule is O=c1ccn(CCN2CCNCC2)c2ccccc12. The van der Waals surface area contributed by atoms with E-state index in [4.69, 9.17) is 0 Å². The van der Waals surface area contributed by atoms with E-state index in [1.165, 1.54) is 0 Å². The number of hydrogen-bond acceptors (Lipinski definition) is 3. The molecule has 0 atom stereocenters. The molecule has 1 aliphatic rings. The molecule has 2 aromatic rings. The number of para-hydroxylation sites is 1. The van der Waals surface area contributed by atoms with E-state index < -0.39 is 0 Å². The van der Waals surface area contributed by atoms with Gasteiger partial charge in [0.2, 0.25) is 0 Å². The van der Waals surface area contributed by atoms with E-state index in [9.17, 15) is 4.79 Å². The van der Waals surface area contributed by atoms with Crippen molar-refractivity contribution in [3.8, 4) is 0 Å². The molecule has 0 saturated carbocycles. The van der Waals surface area contributed by atoms with Crippen LogP contribution < -0.4 is 10.7 Å². The highest BCUT2D eigenvalue weighted by Crippen LogP contribution is 2.09. The summed E-state index contributed by atoms with van der Waals surface area (Å²) < 4.78 is 2.18. The lowest BCUT2D eigenvalue weighted by Gasteiger charge is -2.27. The Morgan fingerprint density at radius 3 is 2.68 bits per heavy atom. The van der Waals surface area contributed by atoms with Crippen molar-refractivity contribution in [1.82, 2.24) is 14.8 Å². The van der Waals surface area contributed by atoms with Gasteiger partial charge in [-0.3, -0.25) is 9.69 Å².